The average molecular weight is 252 g/mol. The molecule has 0 bridgehead atoms. The van der Waals surface area contributed by atoms with Crippen molar-refractivity contribution in [1.29, 1.82) is 0 Å². The first-order chi connectivity index (χ1) is 8.61. The minimum absolute atomic E-state index is 0.0284. The molecule has 0 spiro atoms. The van der Waals surface area contributed by atoms with Crippen molar-refractivity contribution in [2.24, 2.45) is 5.92 Å². The molecular formula is C12H16N2O4. The highest BCUT2D eigenvalue weighted by atomic mass is 16.5. The lowest BCUT2D eigenvalue weighted by molar-refractivity contribution is 0.129. The van der Waals surface area contributed by atoms with Gasteiger partial charge in [0.2, 0.25) is 0 Å². The molecule has 1 fully saturated rings. The number of hydrogen-bond donors (Lipinski definition) is 1. The molecule has 0 radical (unpaired) electrons. The Balaban J connectivity index is 2.20. The van der Waals surface area contributed by atoms with Crippen LogP contribution in [0.2, 0.25) is 0 Å². The molecule has 98 valence electrons. The number of nitrogens with one attached hydrogen (secondary N) is 1. The molecule has 1 aliphatic carbocycles. The van der Waals surface area contributed by atoms with Crippen LogP contribution in [-0.4, -0.2) is 49.9 Å². The molecule has 1 aliphatic heterocycles. The smallest absolute Gasteiger partial charge is 0.409 e. The van der Waals surface area contributed by atoms with E-state index in [-0.39, 0.29) is 5.92 Å². The number of alkyl carbamates (subject to hydrolysis) is 1. The van der Waals surface area contributed by atoms with Gasteiger partial charge in [-0.15, -0.1) is 0 Å². The number of allylic oxidation sites excluding steroid dienone is 2. The zero-order chi connectivity index (χ0) is 13.2. The van der Waals surface area contributed by atoms with Gasteiger partial charge in [-0.3, -0.25) is 0 Å². The molecule has 0 aromatic rings. The third-order valence-electron chi connectivity index (χ3n) is 3.33. The lowest BCUT2D eigenvalue weighted by Gasteiger charge is -2.31. The predicted molar refractivity (Wildman–Crippen MR) is 64.0 cm³/mol. The van der Waals surface area contributed by atoms with Gasteiger partial charge in [0, 0.05) is 12.5 Å². The summed E-state index contributed by atoms with van der Waals surface area (Å²) < 4.78 is 9.35. The molecule has 0 aromatic heterocycles. The van der Waals surface area contributed by atoms with E-state index >= 15 is 0 Å². The highest BCUT2D eigenvalue weighted by Gasteiger charge is 2.47. The van der Waals surface area contributed by atoms with Crippen LogP contribution in [0, 0.1) is 5.92 Å². The summed E-state index contributed by atoms with van der Waals surface area (Å²) in [5, 5.41) is 2.80. The lowest BCUT2D eigenvalue weighted by atomic mass is 9.84. The topological polar surface area (TPSA) is 67.9 Å². The maximum Gasteiger partial charge on any atom is 0.409 e. The second-order valence-electron chi connectivity index (χ2n) is 4.36. The van der Waals surface area contributed by atoms with E-state index in [0.29, 0.717) is 13.1 Å². The highest BCUT2D eigenvalue weighted by Crippen LogP contribution is 2.33. The number of carbonyl (C=O) groups is 2. The number of ether oxygens (including phenoxy) is 2. The molecule has 1 saturated heterocycles. The van der Waals surface area contributed by atoms with E-state index in [0.717, 1.165) is 0 Å². The fourth-order valence-corrected chi connectivity index (χ4v) is 2.42. The summed E-state index contributed by atoms with van der Waals surface area (Å²) in [6.07, 6.45) is 6.72. The highest BCUT2D eigenvalue weighted by molar-refractivity contribution is 5.71. The van der Waals surface area contributed by atoms with Crippen molar-refractivity contribution in [2.75, 3.05) is 27.3 Å². The number of carbonyl (C=O) groups excluding carboxylic acids is 2. The van der Waals surface area contributed by atoms with E-state index in [1.165, 1.54) is 14.2 Å². The molecule has 0 aromatic carbocycles. The molecule has 2 atom stereocenters. The van der Waals surface area contributed by atoms with E-state index in [1.807, 2.05) is 24.3 Å². The third kappa shape index (κ3) is 2.05. The molecule has 6 nitrogen and oxygen atoms in total. The van der Waals surface area contributed by atoms with Crippen molar-refractivity contribution in [1.82, 2.24) is 10.2 Å². The predicted octanol–water partition coefficient (Wildman–Crippen LogP) is 0.905. The molecule has 2 amide bonds. The van der Waals surface area contributed by atoms with Gasteiger partial charge in [0.15, 0.2) is 0 Å². The third-order valence-corrected chi connectivity index (χ3v) is 3.33. The van der Waals surface area contributed by atoms with Gasteiger partial charge in [0.25, 0.3) is 0 Å². The Bertz CT molecular complexity index is 418. The second kappa shape index (κ2) is 4.72. The quantitative estimate of drug-likeness (QED) is 0.753. The fourth-order valence-electron chi connectivity index (χ4n) is 2.42. The first-order valence-corrected chi connectivity index (χ1v) is 5.66. The second-order valence-corrected chi connectivity index (χ2v) is 4.36. The van der Waals surface area contributed by atoms with Gasteiger partial charge < -0.3 is 19.7 Å². The normalized spacial score (nSPS) is 28.8. The van der Waals surface area contributed by atoms with Crippen LogP contribution in [0.5, 0.6) is 0 Å². The standard InChI is InChI=1S/C12H16N2O4/c1-17-10(15)13-12-6-4-3-5-9(12)7-14(8-12)11(16)18-2/h3-6,9H,7-8H2,1-2H3,(H,13,15)/t9-,12-/m1/s1. The van der Waals surface area contributed by atoms with Gasteiger partial charge in [-0.1, -0.05) is 24.3 Å². The van der Waals surface area contributed by atoms with E-state index in [9.17, 15) is 9.59 Å². The minimum atomic E-state index is -0.601. The van der Waals surface area contributed by atoms with E-state index in [2.05, 4.69) is 10.1 Å². The number of likely N-dealkylation sites (tertiary alicyclic amines) is 1. The van der Waals surface area contributed by atoms with Crippen molar-refractivity contribution >= 4 is 12.2 Å². The Kier molecular flexibility index (Phi) is 3.27. The maximum absolute atomic E-state index is 11.6. The number of nitrogens with zero attached hydrogens (tertiary/aromatic N) is 1. The van der Waals surface area contributed by atoms with Gasteiger partial charge in [-0.2, -0.15) is 0 Å². The lowest BCUT2D eigenvalue weighted by Crippen LogP contribution is -2.53. The van der Waals surface area contributed by atoms with Crippen molar-refractivity contribution in [3.8, 4) is 0 Å². The van der Waals surface area contributed by atoms with Crippen LogP contribution >= 0.6 is 0 Å². The first kappa shape index (κ1) is 12.5. The summed E-state index contributed by atoms with van der Waals surface area (Å²) >= 11 is 0. The van der Waals surface area contributed by atoms with Crippen molar-refractivity contribution in [2.45, 2.75) is 5.54 Å². The molecule has 0 unspecified atom stereocenters. The zero-order valence-corrected chi connectivity index (χ0v) is 10.4. The summed E-state index contributed by atoms with van der Waals surface area (Å²) in [5.74, 6) is 0.0284. The fraction of sp³-hybridized carbons (Fsp3) is 0.500. The molecule has 18 heavy (non-hydrogen) atoms. The Morgan fingerprint density at radius 3 is 2.78 bits per heavy atom. The van der Waals surface area contributed by atoms with Crippen LogP contribution < -0.4 is 5.32 Å². The molecule has 2 aliphatic rings. The Morgan fingerprint density at radius 1 is 1.33 bits per heavy atom. The van der Waals surface area contributed by atoms with Crippen LogP contribution in [0.3, 0.4) is 0 Å². The van der Waals surface area contributed by atoms with Gasteiger partial charge in [-0.05, 0) is 0 Å². The van der Waals surface area contributed by atoms with Crippen molar-refractivity contribution in [3.63, 3.8) is 0 Å². The summed E-state index contributed by atoms with van der Waals surface area (Å²) in [5.41, 5.74) is -0.601. The monoisotopic (exact) mass is 252 g/mol. The van der Waals surface area contributed by atoms with Crippen LogP contribution in [0.1, 0.15) is 0 Å². The average Bonchev–Trinajstić information content (AvgIpc) is 2.76. The van der Waals surface area contributed by atoms with Crippen LogP contribution in [0.25, 0.3) is 0 Å². The largest absolute Gasteiger partial charge is 0.453 e. The van der Waals surface area contributed by atoms with Gasteiger partial charge >= 0.3 is 12.2 Å². The molecule has 6 heteroatoms. The minimum Gasteiger partial charge on any atom is -0.453 e. The van der Waals surface area contributed by atoms with Crippen molar-refractivity contribution < 1.29 is 19.1 Å². The van der Waals surface area contributed by atoms with Crippen LogP contribution in [0.15, 0.2) is 24.3 Å². The van der Waals surface area contributed by atoms with Crippen molar-refractivity contribution in [3.05, 3.63) is 24.3 Å². The molecular weight excluding hydrogens is 236 g/mol. The van der Waals surface area contributed by atoms with E-state index < -0.39 is 17.7 Å². The number of amides is 2. The van der Waals surface area contributed by atoms with E-state index in [4.69, 9.17) is 4.74 Å². The number of fused-ring (bicyclic) bond motifs is 1. The summed E-state index contributed by atoms with van der Waals surface area (Å²) in [4.78, 5) is 24.6. The summed E-state index contributed by atoms with van der Waals surface area (Å²) in [6.45, 7) is 0.887. The SMILES string of the molecule is COC(=O)N[C@@]12C=CC=C[C@@H]1CN(C(=O)OC)C2. The zero-order valence-electron chi connectivity index (χ0n) is 10.4. The summed E-state index contributed by atoms with van der Waals surface area (Å²) in [6, 6.07) is 0. The number of hydrogen-bond acceptors (Lipinski definition) is 4. The van der Waals surface area contributed by atoms with Crippen LogP contribution in [-0.2, 0) is 9.47 Å². The van der Waals surface area contributed by atoms with E-state index in [1.54, 1.807) is 4.90 Å². The van der Waals surface area contributed by atoms with Crippen LogP contribution in [0.4, 0.5) is 9.59 Å². The van der Waals surface area contributed by atoms with Gasteiger partial charge in [0.05, 0.1) is 26.3 Å². The van der Waals surface area contributed by atoms with Gasteiger partial charge in [0.1, 0.15) is 0 Å². The molecule has 1 heterocycles. The molecule has 0 saturated carbocycles. The maximum atomic E-state index is 11.6. The Labute approximate surface area is 105 Å². The Morgan fingerprint density at radius 2 is 2.11 bits per heavy atom. The number of methoxy groups -OCH3 is 2. The molecule has 2 rings (SSSR count). The first-order valence-electron chi connectivity index (χ1n) is 5.66. The Hall–Kier alpha value is -1.98. The molecule has 1 N–H and O–H groups in total. The summed E-state index contributed by atoms with van der Waals surface area (Å²) in [7, 11) is 2.66. The van der Waals surface area contributed by atoms with Gasteiger partial charge in [-0.25, -0.2) is 9.59 Å². The number of rotatable bonds is 1.